The minimum Gasteiger partial charge on any atom is -0.472 e. The predicted molar refractivity (Wildman–Crippen MR) is 121 cm³/mol. The molecule has 0 spiro atoms. The van der Waals surface area contributed by atoms with E-state index in [0.29, 0.717) is 10.1 Å². The quantitative estimate of drug-likeness (QED) is 0.413. The molecule has 3 aromatic heterocycles. The van der Waals surface area contributed by atoms with Gasteiger partial charge in [-0.15, -0.1) is 0 Å². The molecule has 0 aliphatic carbocycles. The number of aryl methyl sites for hydroxylation is 2. The molecule has 0 radical (unpaired) electrons. The van der Waals surface area contributed by atoms with Gasteiger partial charge in [-0.05, 0) is 18.6 Å². The Morgan fingerprint density at radius 3 is 2.54 bits per heavy atom. The first kappa shape index (κ1) is 24.5. The molecular weight excluding hydrogens is 491 g/mol. The van der Waals surface area contributed by atoms with Gasteiger partial charge in [-0.3, -0.25) is 14.3 Å². The normalized spacial score (nSPS) is 12.8. The maximum atomic E-state index is 12.9. The Kier molecular flexibility index (Phi) is 6.43. The van der Waals surface area contributed by atoms with Gasteiger partial charge in [0.15, 0.2) is 17.3 Å². The number of pyridine rings is 1. The zero-order chi connectivity index (χ0) is 25.5. The third kappa shape index (κ3) is 4.93. The molecule has 0 saturated carbocycles. The van der Waals surface area contributed by atoms with Crippen LogP contribution in [0.15, 0.2) is 46.1 Å². The Morgan fingerprint density at radius 1 is 1.23 bits per heavy atom. The zero-order valence-corrected chi connectivity index (χ0v) is 19.2. The summed E-state index contributed by atoms with van der Waals surface area (Å²) in [6, 6.07) is 9.17. The standard InChI is InChI=1S/C22H19ClF3N5O4/c1-11-3-5-12(6-4-11)10-35-20-14(23)7-13(8-27-20)17-28-18-16(30(17)2)19(33)29-21(34)31(18)9-15(32)22(24,25)26/h3-8,15,32H,9-10H2,1-2H3,(H,29,33,34). The Hall–Kier alpha value is -3.64. The van der Waals surface area contributed by atoms with Gasteiger partial charge in [0, 0.05) is 18.8 Å². The first-order valence-corrected chi connectivity index (χ1v) is 10.6. The van der Waals surface area contributed by atoms with Crippen molar-refractivity contribution in [3.63, 3.8) is 0 Å². The molecule has 13 heteroatoms. The number of nitrogens with zero attached hydrogens (tertiary/aromatic N) is 4. The molecule has 2 N–H and O–H groups in total. The molecule has 0 fully saturated rings. The lowest BCUT2D eigenvalue weighted by atomic mass is 10.2. The number of aliphatic hydroxyl groups excluding tert-OH is 1. The van der Waals surface area contributed by atoms with E-state index in [-0.39, 0.29) is 34.5 Å². The Bertz CT molecular complexity index is 1510. The van der Waals surface area contributed by atoms with E-state index < -0.39 is 30.1 Å². The number of imidazole rings is 1. The van der Waals surface area contributed by atoms with E-state index in [1.54, 1.807) is 0 Å². The van der Waals surface area contributed by atoms with Crippen molar-refractivity contribution in [3.8, 4) is 17.3 Å². The minimum absolute atomic E-state index is 0.117. The van der Waals surface area contributed by atoms with Crippen LogP contribution in [0.2, 0.25) is 5.02 Å². The summed E-state index contributed by atoms with van der Waals surface area (Å²) >= 11 is 6.32. The van der Waals surface area contributed by atoms with Crippen LogP contribution in [0.4, 0.5) is 13.2 Å². The molecular formula is C22H19ClF3N5O4. The van der Waals surface area contributed by atoms with Crippen LogP contribution in [-0.2, 0) is 20.2 Å². The van der Waals surface area contributed by atoms with Crippen LogP contribution < -0.4 is 16.0 Å². The number of aliphatic hydroxyl groups is 1. The number of hydrogen-bond donors (Lipinski definition) is 2. The molecule has 4 rings (SSSR count). The molecule has 0 aliphatic heterocycles. The lowest BCUT2D eigenvalue weighted by molar-refractivity contribution is -0.207. The van der Waals surface area contributed by atoms with Crippen molar-refractivity contribution in [1.29, 1.82) is 0 Å². The van der Waals surface area contributed by atoms with Crippen molar-refractivity contribution >= 4 is 22.8 Å². The summed E-state index contributed by atoms with van der Waals surface area (Å²) in [5.41, 5.74) is -0.126. The average Bonchev–Trinajstić information content (AvgIpc) is 3.13. The van der Waals surface area contributed by atoms with Crippen LogP contribution in [0.3, 0.4) is 0 Å². The van der Waals surface area contributed by atoms with Crippen LogP contribution >= 0.6 is 11.6 Å². The van der Waals surface area contributed by atoms with Crippen molar-refractivity contribution in [2.24, 2.45) is 7.05 Å². The summed E-state index contributed by atoms with van der Waals surface area (Å²) in [5.74, 6) is 0.267. The molecule has 1 unspecified atom stereocenters. The highest BCUT2D eigenvalue weighted by Gasteiger charge is 2.39. The summed E-state index contributed by atoms with van der Waals surface area (Å²) in [6.45, 7) is 1.05. The first-order valence-electron chi connectivity index (χ1n) is 10.2. The van der Waals surface area contributed by atoms with Gasteiger partial charge in [0.25, 0.3) is 5.56 Å². The van der Waals surface area contributed by atoms with Gasteiger partial charge < -0.3 is 14.4 Å². The monoisotopic (exact) mass is 509 g/mol. The predicted octanol–water partition coefficient (Wildman–Crippen LogP) is 2.95. The molecule has 0 bridgehead atoms. The zero-order valence-electron chi connectivity index (χ0n) is 18.4. The maximum Gasteiger partial charge on any atom is 0.416 e. The summed E-state index contributed by atoms with van der Waals surface area (Å²) in [7, 11) is 1.45. The number of hydrogen-bond acceptors (Lipinski definition) is 6. The summed E-state index contributed by atoms with van der Waals surface area (Å²) < 4.78 is 46.1. The van der Waals surface area contributed by atoms with E-state index >= 15 is 0 Å². The fourth-order valence-corrected chi connectivity index (χ4v) is 3.66. The molecule has 1 atom stereocenters. The van der Waals surface area contributed by atoms with Gasteiger partial charge in [-0.25, -0.2) is 14.8 Å². The number of aromatic nitrogens is 5. The second kappa shape index (κ2) is 9.19. The van der Waals surface area contributed by atoms with E-state index in [4.69, 9.17) is 16.3 Å². The van der Waals surface area contributed by atoms with Crippen LogP contribution in [-0.4, -0.2) is 41.5 Å². The van der Waals surface area contributed by atoms with Crippen LogP contribution in [0.5, 0.6) is 5.88 Å². The van der Waals surface area contributed by atoms with Gasteiger partial charge >= 0.3 is 11.9 Å². The lowest BCUT2D eigenvalue weighted by Crippen LogP contribution is -2.39. The number of nitrogens with one attached hydrogen (secondary N) is 1. The second-order valence-corrected chi connectivity index (χ2v) is 8.29. The molecule has 0 saturated heterocycles. The fraction of sp³-hybridized carbons (Fsp3) is 0.273. The number of fused-ring (bicyclic) bond motifs is 1. The maximum absolute atomic E-state index is 12.9. The number of aromatic amines is 1. The molecule has 4 aromatic rings. The van der Waals surface area contributed by atoms with Crippen molar-refractivity contribution in [1.82, 2.24) is 24.1 Å². The number of ether oxygens (including phenoxy) is 1. The Labute approximate surface area is 200 Å². The van der Waals surface area contributed by atoms with Gasteiger partial charge in [0.05, 0.1) is 6.54 Å². The SMILES string of the molecule is Cc1ccc(COc2ncc(-c3nc4c(c(=O)[nH]c(=O)n4CC(O)C(F)(F)F)n3C)cc2Cl)cc1. The molecule has 1 aromatic carbocycles. The van der Waals surface area contributed by atoms with E-state index in [1.807, 2.05) is 36.2 Å². The smallest absolute Gasteiger partial charge is 0.416 e. The van der Waals surface area contributed by atoms with Crippen molar-refractivity contribution < 1.29 is 23.0 Å². The minimum atomic E-state index is -4.97. The average molecular weight is 510 g/mol. The fourth-order valence-electron chi connectivity index (χ4n) is 3.44. The largest absolute Gasteiger partial charge is 0.472 e. The van der Waals surface area contributed by atoms with Crippen molar-refractivity contribution in [2.45, 2.75) is 32.4 Å². The van der Waals surface area contributed by atoms with E-state index in [1.165, 1.54) is 23.9 Å². The van der Waals surface area contributed by atoms with E-state index in [9.17, 15) is 27.9 Å². The highest BCUT2D eigenvalue weighted by atomic mass is 35.5. The van der Waals surface area contributed by atoms with E-state index in [2.05, 4.69) is 9.97 Å². The molecule has 35 heavy (non-hydrogen) atoms. The molecule has 9 nitrogen and oxygen atoms in total. The van der Waals surface area contributed by atoms with Crippen molar-refractivity contribution in [2.75, 3.05) is 0 Å². The number of rotatable bonds is 6. The first-order chi connectivity index (χ1) is 16.5. The topological polar surface area (TPSA) is 115 Å². The highest BCUT2D eigenvalue weighted by Crippen LogP contribution is 2.29. The summed E-state index contributed by atoms with van der Waals surface area (Å²) in [5, 5.41) is 9.59. The molecule has 0 aliphatic rings. The second-order valence-electron chi connectivity index (χ2n) is 7.88. The molecule has 0 amide bonds. The number of H-pyrrole nitrogens is 1. The summed E-state index contributed by atoms with van der Waals surface area (Å²) in [6.07, 6.45) is -6.43. The van der Waals surface area contributed by atoms with Crippen LogP contribution in [0.25, 0.3) is 22.6 Å². The van der Waals surface area contributed by atoms with Gasteiger partial charge in [-0.1, -0.05) is 41.4 Å². The Morgan fingerprint density at radius 2 is 1.91 bits per heavy atom. The van der Waals surface area contributed by atoms with Crippen LogP contribution in [0.1, 0.15) is 11.1 Å². The summed E-state index contributed by atoms with van der Waals surface area (Å²) in [4.78, 5) is 34.9. The molecule has 3 heterocycles. The molecule has 184 valence electrons. The number of benzene rings is 1. The van der Waals surface area contributed by atoms with Crippen LogP contribution in [0, 0.1) is 6.92 Å². The van der Waals surface area contributed by atoms with Crippen molar-refractivity contribution in [3.05, 3.63) is 73.5 Å². The van der Waals surface area contributed by atoms with Gasteiger partial charge in [0.2, 0.25) is 5.88 Å². The third-order valence-electron chi connectivity index (χ3n) is 5.31. The highest BCUT2D eigenvalue weighted by molar-refractivity contribution is 6.32. The third-order valence-corrected chi connectivity index (χ3v) is 5.58. The number of halogens is 4. The Balaban J connectivity index is 1.70. The van der Waals surface area contributed by atoms with Gasteiger partial charge in [-0.2, -0.15) is 13.2 Å². The number of alkyl halides is 3. The lowest BCUT2D eigenvalue weighted by Gasteiger charge is -2.15. The van der Waals surface area contributed by atoms with Gasteiger partial charge in [0.1, 0.15) is 17.5 Å². The van der Waals surface area contributed by atoms with E-state index in [0.717, 1.165) is 11.1 Å².